The maximum absolute atomic E-state index is 5.47. The molecule has 0 saturated carbocycles. The van der Waals surface area contributed by atoms with Gasteiger partial charge in [0.1, 0.15) is 12.1 Å². The Labute approximate surface area is 113 Å². The molecule has 0 spiro atoms. The summed E-state index contributed by atoms with van der Waals surface area (Å²) >= 11 is 0. The maximum atomic E-state index is 5.47. The molecule has 0 aliphatic rings. The average molecular weight is 260 g/mol. The van der Waals surface area contributed by atoms with Gasteiger partial charge in [-0.05, 0) is 24.6 Å². The second kappa shape index (κ2) is 6.89. The second-order valence-corrected chi connectivity index (χ2v) is 4.34. The number of aryl methyl sites for hydroxylation is 1. The zero-order chi connectivity index (χ0) is 13.5. The molecule has 1 N–H and O–H groups in total. The zero-order valence-corrected chi connectivity index (χ0v) is 11.5. The van der Waals surface area contributed by atoms with Crippen molar-refractivity contribution in [3.05, 3.63) is 42.0 Å². The van der Waals surface area contributed by atoms with Gasteiger partial charge in [0.05, 0.1) is 6.61 Å². The number of nitrogens with one attached hydrogen (secondary N) is 1. The van der Waals surface area contributed by atoms with E-state index in [1.807, 2.05) is 26.1 Å². The van der Waals surface area contributed by atoms with E-state index in [0.29, 0.717) is 6.61 Å². The van der Waals surface area contributed by atoms with Crippen molar-refractivity contribution in [2.75, 3.05) is 13.2 Å². The predicted molar refractivity (Wildman–Crippen MR) is 74.0 cm³/mol. The highest BCUT2D eigenvalue weighted by atomic mass is 16.5. The molecule has 2 aromatic rings. The lowest BCUT2D eigenvalue weighted by molar-refractivity contribution is 0.340. The molecule has 5 heteroatoms. The molecule has 0 amide bonds. The Kier molecular flexibility index (Phi) is 4.92. The summed E-state index contributed by atoms with van der Waals surface area (Å²) in [5.74, 6) is 1.80. The van der Waals surface area contributed by atoms with Crippen LogP contribution in [0.1, 0.15) is 18.3 Å². The third-order valence-corrected chi connectivity index (χ3v) is 2.71. The van der Waals surface area contributed by atoms with Gasteiger partial charge in [-0.25, -0.2) is 4.98 Å². The Bertz CT molecular complexity index is 510. The fourth-order valence-electron chi connectivity index (χ4n) is 1.84. The predicted octanol–water partition coefficient (Wildman–Crippen LogP) is 1.55. The maximum Gasteiger partial charge on any atom is 0.151 e. The number of hydrogen-bond acceptors (Lipinski definition) is 4. The molecule has 0 radical (unpaired) electrons. The van der Waals surface area contributed by atoms with Crippen molar-refractivity contribution in [3.63, 3.8) is 0 Å². The van der Waals surface area contributed by atoms with Gasteiger partial charge in [-0.1, -0.05) is 12.1 Å². The lowest BCUT2D eigenvalue weighted by atomic mass is 10.2. The molecule has 1 aromatic heterocycles. The van der Waals surface area contributed by atoms with Crippen molar-refractivity contribution in [3.8, 4) is 5.75 Å². The fourth-order valence-corrected chi connectivity index (χ4v) is 1.84. The van der Waals surface area contributed by atoms with Crippen LogP contribution in [0.5, 0.6) is 5.75 Å². The van der Waals surface area contributed by atoms with E-state index in [9.17, 15) is 0 Å². The Hall–Kier alpha value is -1.88. The van der Waals surface area contributed by atoms with E-state index < -0.39 is 0 Å². The van der Waals surface area contributed by atoms with Crippen LogP contribution < -0.4 is 10.1 Å². The monoisotopic (exact) mass is 260 g/mol. The molecule has 19 heavy (non-hydrogen) atoms. The first-order chi connectivity index (χ1) is 9.28. The molecule has 5 nitrogen and oxygen atoms in total. The van der Waals surface area contributed by atoms with Crippen molar-refractivity contribution in [2.24, 2.45) is 7.05 Å². The molecule has 0 aliphatic carbocycles. The average Bonchev–Trinajstić information content (AvgIpc) is 2.82. The van der Waals surface area contributed by atoms with Crippen LogP contribution in [0, 0.1) is 0 Å². The summed E-state index contributed by atoms with van der Waals surface area (Å²) in [4.78, 5) is 4.19. The minimum absolute atomic E-state index is 0.697. The van der Waals surface area contributed by atoms with Gasteiger partial charge >= 0.3 is 0 Å². The summed E-state index contributed by atoms with van der Waals surface area (Å²) in [5, 5.41) is 7.62. The van der Waals surface area contributed by atoms with Crippen molar-refractivity contribution in [1.82, 2.24) is 20.1 Å². The third kappa shape index (κ3) is 4.37. The Morgan fingerprint density at radius 3 is 3.00 bits per heavy atom. The van der Waals surface area contributed by atoms with Gasteiger partial charge < -0.3 is 10.1 Å². The van der Waals surface area contributed by atoms with Crippen LogP contribution in [-0.4, -0.2) is 27.9 Å². The molecule has 0 aliphatic heterocycles. The normalized spacial score (nSPS) is 10.6. The lowest BCUT2D eigenvalue weighted by Gasteiger charge is -2.07. The SMILES string of the molecule is CCOc1cccc(CNCCc2ncn(C)n2)c1. The van der Waals surface area contributed by atoms with Crippen molar-refractivity contribution < 1.29 is 4.74 Å². The van der Waals surface area contributed by atoms with Crippen molar-refractivity contribution in [1.29, 1.82) is 0 Å². The standard InChI is InChI=1S/C14H20N4O/c1-3-19-13-6-4-5-12(9-13)10-15-8-7-14-16-11-18(2)17-14/h4-6,9,11,15H,3,7-8,10H2,1-2H3. The molecular formula is C14H20N4O. The highest BCUT2D eigenvalue weighted by molar-refractivity contribution is 5.28. The Balaban J connectivity index is 1.74. The van der Waals surface area contributed by atoms with Crippen LogP contribution in [0.3, 0.4) is 0 Å². The minimum Gasteiger partial charge on any atom is -0.494 e. The molecule has 102 valence electrons. The van der Waals surface area contributed by atoms with E-state index in [1.165, 1.54) is 5.56 Å². The highest BCUT2D eigenvalue weighted by Gasteiger charge is 1.99. The zero-order valence-electron chi connectivity index (χ0n) is 11.5. The van der Waals surface area contributed by atoms with Crippen molar-refractivity contribution in [2.45, 2.75) is 19.9 Å². The molecule has 0 fully saturated rings. The molecule has 0 unspecified atom stereocenters. The van der Waals surface area contributed by atoms with Crippen LogP contribution in [-0.2, 0) is 20.0 Å². The largest absolute Gasteiger partial charge is 0.494 e. The number of rotatable bonds is 7. The summed E-state index contributed by atoms with van der Waals surface area (Å²) in [6, 6.07) is 8.15. The van der Waals surface area contributed by atoms with Gasteiger partial charge in [-0.2, -0.15) is 5.10 Å². The highest BCUT2D eigenvalue weighted by Crippen LogP contribution is 2.12. The first-order valence-electron chi connectivity index (χ1n) is 6.55. The molecule has 1 heterocycles. The van der Waals surface area contributed by atoms with Crippen LogP contribution >= 0.6 is 0 Å². The Morgan fingerprint density at radius 1 is 1.37 bits per heavy atom. The van der Waals surface area contributed by atoms with E-state index in [2.05, 4.69) is 27.5 Å². The van der Waals surface area contributed by atoms with Gasteiger partial charge in [0.2, 0.25) is 0 Å². The number of nitrogens with zero attached hydrogens (tertiary/aromatic N) is 3. The fraction of sp³-hybridized carbons (Fsp3) is 0.429. The minimum atomic E-state index is 0.697. The number of aromatic nitrogens is 3. The van der Waals surface area contributed by atoms with Gasteiger partial charge in [-0.3, -0.25) is 4.68 Å². The van der Waals surface area contributed by atoms with E-state index in [-0.39, 0.29) is 0 Å². The molecule has 0 bridgehead atoms. The Morgan fingerprint density at radius 2 is 2.26 bits per heavy atom. The van der Waals surface area contributed by atoms with Gasteiger partial charge in [0, 0.05) is 26.6 Å². The lowest BCUT2D eigenvalue weighted by Crippen LogP contribution is -2.17. The summed E-state index contributed by atoms with van der Waals surface area (Å²) in [6.45, 7) is 4.38. The quantitative estimate of drug-likeness (QED) is 0.767. The molecule has 0 saturated heterocycles. The van der Waals surface area contributed by atoms with E-state index in [4.69, 9.17) is 4.74 Å². The topological polar surface area (TPSA) is 52.0 Å². The number of hydrogen-bond donors (Lipinski definition) is 1. The molecule has 2 rings (SSSR count). The smallest absolute Gasteiger partial charge is 0.151 e. The molecule has 0 atom stereocenters. The summed E-state index contributed by atoms with van der Waals surface area (Å²) < 4.78 is 7.20. The van der Waals surface area contributed by atoms with E-state index in [0.717, 1.165) is 31.1 Å². The summed E-state index contributed by atoms with van der Waals surface area (Å²) in [7, 11) is 1.88. The van der Waals surface area contributed by atoms with Crippen LogP contribution in [0.4, 0.5) is 0 Å². The third-order valence-electron chi connectivity index (χ3n) is 2.71. The van der Waals surface area contributed by atoms with Crippen LogP contribution in [0.2, 0.25) is 0 Å². The molecular weight excluding hydrogens is 240 g/mol. The summed E-state index contributed by atoms with van der Waals surface area (Å²) in [6.07, 6.45) is 2.56. The van der Waals surface area contributed by atoms with Gasteiger partial charge in [0.15, 0.2) is 5.82 Å². The van der Waals surface area contributed by atoms with Crippen LogP contribution in [0.25, 0.3) is 0 Å². The first-order valence-corrected chi connectivity index (χ1v) is 6.55. The number of benzene rings is 1. The van der Waals surface area contributed by atoms with E-state index >= 15 is 0 Å². The van der Waals surface area contributed by atoms with Crippen LogP contribution in [0.15, 0.2) is 30.6 Å². The van der Waals surface area contributed by atoms with Crippen molar-refractivity contribution >= 4 is 0 Å². The van der Waals surface area contributed by atoms with E-state index in [1.54, 1.807) is 11.0 Å². The number of ether oxygens (including phenoxy) is 1. The summed E-state index contributed by atoms with van der Waals surface area (Å²) in [5.41, 5.74) is 1.22. The first kappa shape index (κ1) is 13.5. The second-order valence-electron chi connectivity index (χ2n) is 4.34. The molecule has 1 aromatic carbocycles. The van der Waals surface area contributed by atoms with Gasteiger partial charge in [-0.15, -0.1) is 0 Å². The van der Waals surface area contributed by atoms with Gasteiger partial charge in [0.25, 0.3) is 0 Å².